The van der Waals surface area contributed by atoms with E-state index < -0.39 is 0 Å². The number of hydrogen-bond acceptors (Lipinski definition) is 2. The molecule has 1 aliphatic rings. The van der Waals surface area contributed by atoms with Gasteiger partial charge in [-0.1, -0.05) is 30.3 Å². The van der Waals surface area contributed by atoms with Gasteiger partial charge in [0.1, 0.15) is 5.75 Å². The Morgan fingerprint density at radius 1 is 1.24 bits per heavy atom. The quantitative estimate of drug-likeness (QED) is 0.858. The van der Waals surface area contributed by atoms with Crippen LogP contribution in [-0.4, -0.2) is 34.4 Å². The van der Waals surface area contributed by atoms with Crippen molar-refractivity contribution >= 4 is 28.3 Å². The molecule has 0 saturated carbocycles. The van der Waals surface area contributed by atoms with E-state index in [-0.39, 0.29) is 17.7 Å². The molecule has 1 fully saturated rings. The monoisotopic (exact) mass is 303 g/mol. The predicted molar refractivity (Wildman–Crippen MR) is 85.0 cm³/mol. The summed E-state index contributed by atoms with van der Waals surface area (Å²) in [5, 5.41) is 12.1. The zero-order chi connectivity index (χ0) is 14.8. The highest BCUT2D eigenvalue weighted by Gasteiger charge is 2.28. The Morgan fingerprint density at radius 2 is 2.05 bits per heavy atom. The van der Waals surface area contributed by atoms with Crippen molar-refractivity contribution in [3.63, 3.8) is 0 Å². The van der Waals surface area contributed by atoms with Gasteiger partial charge in [0.2, 0.25) is 0 Å². The van der Waals surface area contributed by atoms with E-state index in [1.54, 1.807) is 11.0 Å². The first-order valence-electron chi connectivity index (χ1n) is 7.30. The molecular weight excluding hydrogens is 286 g/mol. The van der Waals surface area contributed by atoms with Gasteiger partial charge in [-0.25, -0.2) is 0 Å². The van der Waals surface area contributed by atoms with Gasteiger partial charge in [-0.2, -0.15) is 0 Å². The predicted octanol–water partition coefficient (Wildman–Crippen LogP) is 3.78. The van der Waals surface area contributed by atoms with Crippen LogP contribution in [0.3, 0.4) is 0 Å². The van der Waals surface area contributed by atoms with Crippen molar-refractivity contribution in [3.05, 3.63) is 42.0 Å². The normalized spacial score (nSPS) is 18.9. The number of nitrogens with zero attached hydrogens (tertiary/aromatic N) is 1. The fraction of sp³-hybridized carbons (Fsp3) is 0.353. The Kier molecular flexibility index (Phi) is 4.02. The molecule has 0 aliphatic carbocycles. The van der Waals surface area contributed by atoms with Crippen LogP contribution >= 0.6 is 11.6 Å². The molecule has 1 unspecified atom stereocenters. The summed E-state index contributed by atoms with van der Waals surface area (Å²) in [6.07, 6.45) is 3.03. The zero-order valence-electron chi connectivity index (χ0n) is 11.8. The highest BCUT2D eigenvalue weighted by atomic mass is 35.5. The number of aromatic hydroxyl groups is 1. The Balaban J connectivity index is 1.99. The minimum atomic E-state index is -0.122. The van der Waals surface area contributed by atoms with Gasteiger partial charge in [0.25, 0.3) is 5.91 Å². The van der Waals surface area contributed by atoms with Crippen molar-refractivity contribution in [2.24, 2.45) is 0 Å². The number of rotatable bonds is 2. The highest BCUT2D eigenvalue weighted by molar-refractivity contribution is 6.18. The summed E-state index contributed by atoms with van der Waals surface area (Å²) in [4.78, 5) is 14.5. The van der Waals surface area contributed by atoms with Gasteiger partial charge in [-0.3, -0.25) is 4.79 Å². The lowest BCUT2D eigenvalue weighted by Gasteiger charge is -2.34. The van der Waals surface area contributed by atoms with Crippen molar-refractivity contribution in [1.82, 2.24) is 4.90 Å². The molecule has 21 heavy (non-hydrogen) atoms. The number of benzene rings is 2. The van der Waals surface area contributed by atoms with Crippen molar-refractivity contribution in [1.29, 1.82) is 0 Å². The third kappa shape index (κ3) is 2.58. The first kappa shape index (κ1) is 14.2. The molecule has 1 saturated heterocycles. The van der Waals surface area contributed by atoms with Crippen LogP contribution in [0, 0.1) is 0 Å². The summed E-state index contributed by atoms with van der Waals surface area (Å²) in [5.74, 6) is 0.390. The minimum absolute atomic E-state index is 0.0667. The fourth-order valence-corrected chi connectivity index (χ4v) is 3.33. The summed E-state index contributed by atoms with van der Waals surface area (Å²) < 4.78 is 0. The molecule has 0 radical (unpaired) electrons. The highest BCUT2D eigenvalue weighted by Crippen LogP contribution is 2.31. The first-order valence-corrected chi connectivity index (χ1v) is 7.83. The van der Waals surface area contributed by atoms with E-state index >= 15 is 0 Å². The molecular formula is C17H18ClNO2. The second-order valence-electron chi connectivity index (χ2n) is 5.49. The minimum Gasteiger partial charge on any atom is -0.506 e. The van der Waals surface area contributed by atoms with E-state index in [0.717, 1.165) is 24.6 Å². The van der Waals surface area contributed by atoms with Crippen LogP contribution in [0.1, 0.15) is 29.6 Å². The van der Waals surface area contributed by atoms with Gasteiger partial charge in [0.05, 0.1) is 5.56 Å². The van der Waals surface area contributed by atoms with Crippen LogP contribution < -0.4 is 0 Å². The second kappa shape index (κ2) is 5.94. The number of likely N-dealkylation sites (tertiary alicyclic amines) is 1. The van der Waals surface area contributed by atoms with E-state index in [0.29, 0.717) is 23.4 Å². The zero-order valence-corrected chi connectivity index (χ0v) is 12.5. The van der Waals surface area contributed by atoms with Crippen molar-refractivity contribution in [3.8, 4) is 5.75 Å². The molecule has 1 amide bonds. The SMILES string of the molecule is O=C(c1ccc2ccccc2c1O)N1CCCCC1CCl. The molecule has 1 heterocycles. The van der Waals surface area contributed by atoms with Crippen LogP contribution in [0.25, 0.3) is 10.8 Å². The van der Waals surface area contributed by atoms with E-state index in [1.165, 1.54) is 0 Å². The smallest absolute Gasteiger partial charge is 0.257 e. The summed E-state index contributed by atoms with van der Waals surface area (Å²) in [7, 11) is 0. The Bertz CT molecular complexity index is 671. The number of halogens is 1. The van der Waals surface area contributed by atoms with E-state index in [9.17, 15) is 9.90 Å². The molecule has 3 rings (SSSR count). The maximum Gasteiger partial charge on any atom is 0.257 e. The van der Waals surface area contributed by atoms with Gasteiger partial charge in [0, 0.05) is 23.9 Å². The summed E-state index contributed by atoms with van der Waals surface area (Å²) >= 11 is 5.99. The largest absolute Gasteiger partial charge is 0.506 e. The second-order valence-corrected chi connectivity index (χ2v) is 5.79. The molecule has 1 N–H and O–H groups in total. The van der Waals surface area contributed by atoms with Crippen molar-refractivity contribution < 1.29 is 9.90 Å². The Hall–Kier alpha value is -1.74. The van der Waals surface area contributed by atoms with Crippen LogP contribution in [-0.2, 0) is 0 Å². The van der Waals surface area contributed by atoms with Gasteiger partial charge in [0.15, 0.2) is 0 Å². The molecule has 2 aromatic rings. The van der Waals surface area contributed by atoms with Gasteiger partial charge < -0.3 is 10.0 Å². The van der Waals surface area contributed by atoms with E-state index in [4.69, 9.17) is 11.6 Å². The number of carbonyl (C=O) groups excluding carboxylic acids is 1. The average Bonchev–Trinajstić information content (AvgIpc) is 2.55. The first-order chi connectivity index (χ1) is 10.2. The molecule has 1 atom stereocenters. The van der Waals surface area contributed by atoms with E-state index in [2.05, 4.69) is 0 Å². The van der Waals surface area contributed by atoms with E-state index in [1.807, 2.05) is 30.3 Å². The summed E-state index contributed by atoms with van der Waals surface area (Å²) in [6.45, 7) is 0.711. The van der Waals surface area contributed by atoms with Crippen LogP contribution in [0.5, 0.6) is 5.75 Å². The molecule has 1 aliphatic heterocycles. The molecule has 3 nitrogen and oxygen atoms in total. The number of phenolic OH excluding ortho intramolecular Hbond substituents is 1. The van der Waals surface area contributed by atoms with Gasteiger partial charge in [-0.05, 0) is 30.7 Å². The maximum absolute atomic E-state index is 12.7. The third-order valence-corrected chi connectivity index (χ3v) is 4.55. The molecule has 2 aromatic carbocycles. The third-order valence-electron chi connectivity index (χ3n) is 4.20. The Morgan fingerprint density at radius 3 is 2.86 bits per heavy atom. The average molecular weight is 304 g/mol. The van der Waals surface area contributed by atoms with Crippen LogP contribution in [0.15, 0.2) is 36.4 Å². The number of carbonyl (C=O) groups is 1. The maximum atomic E-state index is 12.7. The summed E-state index contributed by atoms with van der Waals surface area (Å²) in [6, 6.07) is 11.2. The number of amides is 1. The van der Waals surface area contributed by atoms with Gasteiger partial charge >= 0.3 is 0 Å². The number of piperidine rings is 1. The lowest BCUT2D eigenvalue weighted by molar-refractivity contribution is 0.0636. The van der Waals surface area contributed by atoms with Crippen molar-refractivity contribution in [2.45, 2.75) is 25.3 Å². The van der Waals surface area contributed by atoms with Crippen molar-refractivity contribution in [2.75, 3.05) is 12.4 Å². The number of alkyl halides is 1. The number of fused-ring (bicyclic) bond motifs is 1. The number of phenols is 1. The molecule has 0 aromatic heterocycles. The Labute approximate surface area is 129 Å². The molecule has 4 heteroatoms. The topological polar surface area (TPSA) is 40.5 Å². The van der Waals surface area contributed by atoms with Crippen LogP contribution in [0.4, 0.5) is 0 Å². The molecule has 110 valence electrons. The lowest BCUT2D eigenvalue weighted by atomic mass is 10.00. The number of hydrogen-bond donors (Lipinski definition) is 1. The molecule has 0 spiro atoms. The van der Waals surface area contributed by atoms with Gasteiger partial charge in [-0.15, -0.1) is 11.6 Å². The fourth-order valence-electron chi connectivity index (χ4n) is 3.01. The summed E-state index contributed by atoms with van der Waals surface area (Å²) in [5.41, 5.74) is 0.366. The standard InChI is InChI=1S/C17H18ClNO2/c18-11-13-6-3-4-10-19(13)17(21)15-9-8-12-5-1-2-7-14(12)16(15)20/h1-2,5,7-9,13,20H,3-4,6,10-11H2. The molecule has 0 bridgehead atoms. The lowest BCUT2D eigenvalue weighted by Crippen LogP contribution is -2.44. The van der Waals surface area contributed by atoms with Crippen LogP contribution in [0.2, 0.25) is 0 Å².